The zero-order valence-electron chi connectivity index (χ0n) is 16.8. The number of hydrazone groups is 1. The molecular formula is C22H22N2O4S2. The molecule has 0 aliphatic heterocycles. The van der Waals surface area contributed by atoms with Crippen molar-refractivity contribution in [2.75, 3.05) is 0 Å². The number of nitrogens with zero attached hydrogens (tertiary/aromatic N) is 1. The average molecular weight is 443 g/mol. The molecule has 30 heavy (non-hydrogen) atoms. The highest BCUT2D eigenvalue weighted by molar-refractivity contribution is 7.15. The predicted octanol–water partition coefficient (Wildman–Crippen LogP) is 5.14. The summed E-state index contributed by atoms with van der Waals surface area (Å²) in [6.45, 7) is 6.47. The number of aromatic carboxylic acids is 1. The first-order valence-corrected chi connectivity index (χ1v) is 10.9. The van der Waals surface area contributed by atoms with Crippen molar-refractivity contribution >= 4 is 40.8 Å². The molecule has 0 saturated heterocycles. The van der Waals surface area contributed by atoms with Crippen molar-refractivity contribution in [3.05, 3.63) is 62.7 Å². The van der Waals surface area contributed by atoms with E-state index in [0.29, 0.717) is 6.42 Å². The number of amides is 1. The largest absolute Gasteiger partial charge is 0.506 e. The molecule has 0 fully saturated rings. The second-order valence-corrected chi connectivity index (χ2v) is 9.66. The highest BCUT2D eigenvalue weighted by Gasteiger charge is 2.16. The van der Waals surface area contributed by atoms with Gasteiger partial charge >= 0.3 is 5.97 Å². The van der Waals surface area contributed by atoms with Gasteiger partial charge in [-0.05, 0) is 34.1 Å². The summed E-state index contributed by atoms with van der Waals surface area (Å²) < 4.78 is 0. The minimum atomic E-state index is -1.07. The maximum Gasteiger partial charge on any atom is 0.345 e. The topological polar surface area (TPSA) is 99.0 Å². The maximum absolute atomic E-state index is 12.0. The van der Waals surface area contributed by atoms with Crippen LogP contribution in [-0.4, -0.2) is 28.3 Å². The molecule has 0 radical (unpaired) electrons. The van der Waals surface area contributed by atoms with Gasteiger partial charge in [-0.25, -0.2) is 10.2 Å². The minimum Gasteiger partial charge on any atom is -0.506 e. The zero-order chi connectivity index (χ0) is 21.9. The molecule has 2 aromatic heterocycles. The van der Waals surface area contributed by atoms with Crippen molar-refractivity contribution < 1.29 is 19.8 Å². The van der Waals surface area contributed by atoms with Gasteiger partial charge in [-0.1, -0.05) is 45.0 Å². The summed E-state index contributed by atoms with van der Waals surface area (Å²) in [6, 6.07) is 11.0. The van der Waals surface area contributed by atoms with Crippen LogP contribution in [0.4, 0.5) is 0 Å². The SMILES string of the molecule is CC(C)(C)c1ccc(-c2scc(CC=NNC(=O)c3ccc(C(=O)O)s3)c2O)cc1. The zero-order valence-corrected chi connectivity index (χ0v) is 18.4. The van der Waals surface area contributed by atoms with Crippen LogP contribution in [0.3, 0.4) is 0 Å². The second kappa shape index (κ2) is 8.81. The quantitative estimate of drug-likeness (QED) is 0.364. The number of rotatable bonds is 6. The van der Waals surface area contributed by atoms with Gasteiger partial charge in [0.15, 0.2) is 0 Å². The summed E-state index contributed by atoms with van der Waals surface area (Å²) in [5.41, 5.74) is 5.34. The summed E-state index contributed by atoms with van der Waals surface area (Å²) >= 11 is 2.34. The number of carboxylic acid groups (broad SMARTS) is 1. The molecule has 1 aromatic carbocycles. The molecule has 3 rings (SSSR count). The van der Waals surface area contributed by atoms with Crippen LogP contribution in [0.5, 0.6) is 5.75 Å². The van der Waals surface area contributed by atoms with Gasteiger partial charge in [0.2, 0.25) is 0 Å². The fourth-order valence-corrected chi connectivity index (χ4v) is 4.45. The van der Waals surface area contributed by atoms with Crippen LogP contribution in [0.15, 0.2) is 46.9 Å². The normalized spacial score (nSPS) is 11.7. The summed E-state index contributed by atoms with van der Waals surface area (Å²) in [6.07, 6.45) is 1.85. The molecule has 0 spiro atoms. The van der Waals surface area contributed by atoms with Crippen molar-refractivity contribution in [3.8, 4) is 16.2 Å². The number of nitrogens with one attached hydrogen (secondary N) is 1. The number of carboxylic acids is 1. The monoisotopic (exact) mass is 442 g/mol. The molecule has 6 nitrogen and oxygen atoms in total. The van der Waals surface area contributed by atoms with E-state index in [-0.39, 0.29) is 20.9 Å². The highest BCUT2D eigenvalue weighted by Crippen LogP contribution is 2.39. The molecule has 2 heterocycles. The first-order chi connectivity index (χ1) is 14.2. The lowest BCUT2D eigenvalue weighted by Gasteiger charge is -2.19. The van der Waals surface area contributed by atoms with Crippen molar-refractivity contribution in [3.63, 3.8) is 0 Å². The Hall–Kier alpha value is -2.97. The van der Waals surface area contributed by atoms with Gasteiger partial charge in [0.25, 0.3) is 5.91 Å². The molecule has 156 valence electrons. The summed E-state index contributed by atoms with van der Waals surface area (Å²) in [5.74, 6) is -1.33. The Kier molecular flexibility index (Phi) is 6.38. The first kappa shape index (κ1) is 21.7. The molecule has 0 atom stereocenters. The van der Waals surface area contributed by atoms with Gasteiger partial charge in [0, 0.05) is 18.2 Å². The Balaban J connectivity index is 1.62. The number of benzene rings is 1. The van der Waals surface area contributed by atoms with Crippen LogP contribution in [0.2, 0.25) is 0 Å². The van der Waals surface area contributed by atoms with E-state index in [1.807, 2.05) is 17.5 Å². The van der Waals surface area contributed by atoms with E-state index in [1.165, 1.54) is 35.2 Å². The summed E-state index contributed by atoms with van der Waals surface area (Å²) in [4.78, 5) is 24.0. The third-order valence-electron chi connectivity index (χ3n) is 4.46. The van der Waals surface area contributed by atoms with Crippen LogP contribution >= 0.6 is 22.7 Å². The molecule has 0 unspecified atom stereocenters. The van der Waals surface area contributed by atoms with E-state index >= 15 is 0 Å². The Labute approximate surface area is 182 Å². The second-order valence-electron chi connectivity index (χ2n) is 7.69. The Morgan fingerprint density at radius 1 is 1.10 bits per heavy atom. The number of hydrogen-bond acceptors (Lipinski definition) is 6. The average Bonchev–Trinajstić information content (AvgIpc) is 3.32. The Morgan fingerprint density at radius 2 is 1.77 bits per heavy atom. The van der Waals surface area contributed by atoms with E-state index in [1.54, 1.807) is 0 Å². The molecule has 3 N–H and O–H groups in total. The van der Waals surface area contributed by atoms with Crippen molar-refractivity contribution in [2.24, 2.45) is 5.10 Å². The summed E-state index contributed by atoms with van der Waals surface area (Å²) in [5, 5.41) is 25.2. The molecule has 3 aromatic rings. The van der Waals surface area contributed by atoms with Gasteiger partial charge in [-0.2, -0.15) is 5.10 Å². The third-order valence-corrected chi connectivity index (χ3v) is 6.60. The van der Waals surface area contributed by atoms with Crippen LogP contribution < -0.4 is 5.43 Å². The molecule has 0 saturated carbocycles. The lowest BCUT2D eigenvalue weighted by atomic mass is 9.86. The highest BCUT2D eigenvalue weighted by atomic mass is 32.1. The van der Waals surface area contributed by atoms with Crippen molar-refractivity contribution in [1.29, 1.82) is 0 Å². The van der Waals surface area contributed by atoms with Crippen molar-refractivity contribution in [1.82, 2.24) is 5.43 Å². The lowest BCUT2D eigenvalue weighted by molar-refractivity contribution is 0.0702. The van der Waals surface area contributed by atoms with E-state index in [0.717, 1.165) is 27.3 Å². The van der Waals surface area contributed by atoms with Crippen LogP contribution in [0, 0.1) is 0 Å². The third kappa shape index (κ3) is 4.95. The fraction of sp³-hybridized carbons (Fsp3) is 0.227. The molecule has 8 heteroatoms. The molecule has 0 bridgehead atoms. The summed E-state index contributed by atoms with van der Waals surface area (Å²) in [7, 11) is 0. The molecule has 0 aliphatic rings. The predicted molar refractivity (Wildman–Crippen MR) is 121 cm³/mol. The van der Waals surface area contributed by atoms with Gasteiger partial charge in [-0.15, -0.1) is 22.7 Å². The first-order valence-electron chi connectivity index (χ1n) is 9.22. The Bertz CT molecular complexity index is 1090. The van der Waals surface area contributed by atoms with E-state index in [9.17, 15) is 14.7 Å². The van der Waals surface area contributed by atoms with Gasteiger partial charge in [0.05, 0.1) is 9.75 Å². The van der Waals surface area contributed by atoms with Gasteiger partial charge in [0.1, 0.15) is 10.6 Å². The smallest absolute Gasteiger partial charge is 0.345 e. The van der Waals surface area contributed by atoms with Crippen LogP contribution in [-0.2, 0) is 11.8 Å². The fourth-order valence-electron chi connectivity index (χ4n) is 2.74. The number of thiophene rings is 2. The lowest BCUT2D eigenvalue weighted by Crippen LogP contribution is -2.16. The Morgan fingerprint density at radius 3 is 2.37 bits per heavy atom. The van der Waals surface area contributed by atoms with Gasteiger partial charge in [-0.3, -0.25) is 4.79 Å². The molecule has 1 amide bonds. The molecule has 0 aliphatic carbocycles. The number of hydrogen-bond donors (Lipinski definition) is 3. The number of carbonyl (C=O) groups is 2. The standard InChI is InChI=1S/C22H22N2O4S2/c1-22(2,3)15-6-4-13(5-7-15)19-18(25)14(12-29-19)10-11-23-24-20(26)16-8-9-17(30-16)21(27)28/h4-9,11-12,25H,10H2,1-3H3,(H,24,26)(H,27,28). The molecular weight excluding hydrogens is 420 g/mol. The van der Waals surface area contributed by atoms with E-state index < -0.39 is 11.9 Å². The van der Waals surface area contributed by atoms with Crippen LogP contribution in [0.1, 0.15) is 51.2 Å². The minimum absolute atomic E-state index is 0.0698. The number of carbonyl (C=O) groups excluding carboxylic acids is 1. The van der Waals surface area contributed by atoms with Crippen molar-refractivity contribution in [2.45, 2.75) is 32.6 Å². The maximum atomic E-state index is 12.0. The van der Waals surface area contributed by atoms with E-state index in [4.69, 9.17) is 5.11 Å². The van der Waals surface area contributed by atoms with E-state index in [2.05, 4.69) is 43.4 Å². The number of aromatic hydroxyl groups is 1. The van der Waals surface area contributed by atoms with Gasteiger partial charge < -0.3 is 10.2 Å². The van der Waals surface area contributed by atoms with Crippen LogP contribution in [0.25, 0.3) is 10.4 Å².